The molecule has 0 spiro atoms. The van der Waals surface area contributed by atoms with Crippen LogP contribution in [0.5, 0.6) is 0 Å². The monoisotopic (exact) mass is 889 g/mol. The summed E-state index contributed by atoms with van der Waals surface area (Å²) in [4.78, 5) is 96.6. The van der Waals surface area contributed by atoms with Gasteiger partial charge in [-0.3, -0.25) is 28.1 Å². The van der Waals surface area contributed by atoms with Gasteiger partial charge in [-0.2, -0.15) is 0 Å². The summed E-state index contributed by atoms with van der Waals surface area (Å²) in [6.45, 7) is 5.91. The Hall–Kier alpha value is -2.44. The second kappa shape index (κ2) is 20.2. The van der Waals surface area contributed by atoms with Crippen molar-refractivity contribution in [2.24, 2.45) is 10.8 Å². The van der Waals surface area contributed by atoms with Crippen molar-refractivity contribution >= 4 is 69.1 Å². The smallest absolute Gasteiger partial charge is 0.274 e. The molecule has 2 aromatic rings. The molecular weight excluding hydrogens is 843 g/mol. The summed E-state index contributed by atoms with van der Waals surface area (Å²) < 4.78 is 60.6. The number of nitrogen functional groups attached to an aromatic ring is 1. The highest BCUT2D eigenvalue weighted by Crippen LogP contribution is 2.56. The van der Waals surface area contributed by atoms with Crippen molar-refractivity contribution in [1.82, 2.24) is 30.2 Å². The molecule has 28 heteroatoms. The first-order valence-corrected chi connectivity index (χ1v) is 22.6. The summed E-state index contributed by atoms with van der Waals surface area (Å²) in [7, 11) is -17.6. The third-order valence-corrected chi connectivity index (χ3v) is 12.7. The lowest BCUT2D eigenvalue weighted by Crippen LogP contribution is -2.46. The Morgan fingerprint density at radius 3 is 2.37 bits per heavy atom. The van der Waals surface area contributed by atoms with Crippen LogP contribution in [0.2, 0.25) is 0 Å². The zero-order valence-corrected chi connectivity index (χ0v) is 35.0. The number of amides is 2. The van der Waals surface area contributed by atoms with Gasteiger partial charge in [-0.25, -0.2) is 19.3 Å². The van der Waals surface area contributed by atoms with E-state index in [2.05, 4.69) is 43.5 Å². The summed E-state index contributed by atoms with van der Waals surface area (Å²) in [5.41, 5.74) is 3.59. The molecule has 3 rings (SSSR count). The van der Waals surface area contributed by atoms with Gasteiger partial charge in [0.15, 0.2) is 22.8 Å². The average Bonchev–Trinajstić information content (AvgIpc) is 3.67. The van der Waals surface area contributed by atoms with E-state index in [0.29, 0.717) is 5.75 Å². The lowest BCUT2D eigenvalue weighted by Gasteiger charge is -2.36. The van der Waals surface area contributed by atoms with E-state index < -0.39 is 90.0 Å². The fourth-order valence-electron chi connectivity index (χ4n) is 5.17. The molecule has 0 saturated carbocycles. The number of nitrogens with one attached hydrogen (secondary N) is 2. The lowest BCUT2D eigenvalue weighted by atomic mass is 9.87. The molecule has 0 aromatic carbocycles. The highest BCUT2D eigenvalue weighted by Gasteiger charge is 2.47. The number of nitrogens with two attached hydrogens (primary N) is 1. The largest absolute Gasteiger partial charge is 0.790 e. The first kappa shape index (κ1) is 48.9. The van der Waals surface area contributed by atoms with Crippen LogP contribution < -0.4 is 35.9 Å². The molecule has 2 aromatic heterocycles. The minimum atomic E-state index is -5.91. The molecule has 324 valence electrons. The SMILES string of the molecule is CCCCC(C)(C)C(=O)SCCNC(=O)CCNC(=O)C(O)C(C)(C)COP(=O)([O-])OP(=O)([O-])OCC1OC(n2cnc3c(N)ncnc32)C(O)C1OP(=O)([O-])[O-]. The number of carbonyl (C=O) groups is 3. The van der Waals surface area contributed by atoms with Crippen molar-refractivity contribution in [3.8, 4) is 0 Å². The molecule has 2 amide bonds. The summed E-state index contributed by atoms with van der Waals surface area (Å²) in [6, 6.07) is 0. The molecule has 0 bridgehead atoms. The molecule has 1 fully saturated rings. The van der Waals surface area contributed by atoms with Gasteiger partial charge in [0, 0.05) is 36.1 Å². The number of thioether (sulfide) groups is 1. The molecule has 0 radical (unpaired) electrons. The molecule has 1 saturated heterocycles. The minimum Gasteiger partial charge on any atom is -0.790 e. The molecule has 24 nitrogen and oxygen atoms in total. The minimum absolute atomic E-state index is 0.0193. The summed E-state index contributed by atoms with van der Waals surface area (Å²) in [5.74, 6) is -1.18. The van der Waals surface area contributed by atoms with Gasteiger partial charge >= 0.3 is 0 Å². The molecule has 7 unspecified atom stereocenters. The van der Waals surface area contributed by atoms with Gasteiger partial charge in [0.1, 0.15) is 36.3 Å². The highest BCUT2D eigenvalue weighted by molar-refractivity contribution is 8.13. The maximum absolute atomic E-state index is 12.6. The molecule has 0 aliphatic carbocycles. The van der Waals surface area contributed by atoms with E-state index in [4.69, 9.17) is 10.5 Å². The van der Waals surface area contributed by atoms with E-state index in [1.54, 1.807) is 0 Å². The number of phosphoric ester groups is 3. The number of aliphatic hydroxyl groups excluding tert-OH is 2. The van der Waals surface area contributed by atoms with Crippen molar-refractivity contribution in [1.29, 1.82) is 0 Å². The number of aliphatic hydroxyl groups is 2. The van der Waals surface area contributed by atoms with Crippen molar-refractivity contribution in [3.63, 3.8) is 0 Å². The Morgan fingerprint density at radius 1 is 1.05 bits per heavy atom. The fraction of sp³-hybridized carbons (Fsp3) is 0.724. The van der Waals surface area contributed by atoms with Crippen molar-refractivity contribution in [3.05, 3.63) is 12.7 Å². The number of rotatable bonds is 23. The van der Waals surface area contributed by atoms with E-state index in [0.717, 1.165) is 48.2 Å². The normalized spacial score (nSPS) is 21.8. The van der Waals surface area contributed by atoms with Crippen molar-refractivity contribution in [2.75, 3.05) is 37.8 Å². The summed E-state index contributed by atoms with van der Waals surface area (Å²) in [6.07, 6.45) is -4.93. The van der Waals surface area contributed by atoms with Crippen LogP contribution in [0.1, 0.15) is 66.5 Å². The number of imidazole rings is 1. The molecule has 6 N–H and O–H groups in total. The molecular formula is C29H46N7O17P3S-4. The van der Waals surface area contributed by atoms with E-state index in [1.165, 1.54) is 13.8 Å². The standard InChI is InChI=1S/C29H50N7O17P3S/c1-6-7-9-28(2,3)27(41)57-12-11-31-18(37)8-10-32-25(40)22(39)29(4,5)14-50-56(47,48)53-55(45,46)49-13-17-21(52-54(42,43)44)20(38)26(51-17)36-16-35-19-23(30)33-15-34-24(19)36/h15-17,20-22,26,38-39H,6-14H2,1-5H3,(H,31,37)(H,32,40)(H,45,46)(H,47,48)(H2,30,33,34)(H2,42,43,44)/p-4. The second-order valence-corrected chi connectivity index (χ2v) is 19.2. The predicted octanol–water partition coefficient (Wildman–Crippen LogP) is -1.65. The number of carbonyl (C=O) groups excluding carboxylic acids is 3. The van der Waals surface area contributed by atoms with Gasteiger partial charge in [-0.1, -0.05) is 59.2 Å². The Balaban J connectivity index is 1.48. The topological polar surface area (TPSA) is 375 Å². The van der Waals surface area contributed by atoms with Crippen molar-refractivity contribution in [2.45, 2.75) is 90.9 Å². The number of anilines is 1. The number of fused-ring (bicyclic) bond motifs is 1. The second-order valence-electron chi connectivity index (χ2n) is 14.1. The maximum Gasteiger partial charge on any atom is 0.274 e. The van der Waals surface area contributed by atoms with E-state index in [1.807, 2.05) is 20.8 Å². The number of hydrogen-bond acceptors (Lipinski definition) is 22. The first-order chi connectivity index (χ1) is 26.3. The average molecular weight is 890 g/mol. The number of hydrogen-bond donors (Lipinski definition) is 5. The summed E-state index contributed by atoms with van der Waals surface area (Å²) in [5, 5.41) is 26.3. The first-order valence-electron chi connectivity index (χ1n) is 17.3. The van der Waals surface area contributed by atoms with Gasteiger partial charge in [-0.15, -0.1) is 0 Å². The quantitative estimate of drug-likeness (QED) is 0.0616. The van der Waals surface area contributed by atoms with Gasteiger partial charge in [0.25, 0.3) is 15.6 Å². The third kappa shape index (κ3) is 14.7. The van der Waals surface area contributed by atoms with Crippen LogP contribution in [0.4, 0.5) is 5.82 Å². The van der Waals surface area contributed by atoms with Gasteiger partial charge < -0.3 is 69.0 Å². The zero-order valence-electron chi connectivity index (χ0n) is 31.5. The van der Waals surface area contributed by atoms with E-state index in [9.17, 15) is 57.9 Å². The van der Waals surface area contributed by atoms with Crippen LogP contribution in [0, 0.1) is 10.8 Å². The van der Waals surface area contributed by atoms with Crippen LogP contribution in [-0.4, -0.2) is 103 Å². The van der Waals surface area contributed by atoms with E-state index in [-0.39, 0.29) is 41.6 Å². The number of unbranched alkanes of at least 4 members (excludes halogenated alkanes) is 1. The summed E-state index contributed by atoms with van der Waals surface area (Å²) >= 11 is 1.12. The molecule has 57 heavy (non-hydrogen) atoms. The molecule has 7 atom stereocenters. The molecule has 1 aliphatic heterocycles. The molecule has 1 aliphatic rings. The van der Waals surface area contributed by atoms with Crippen LogP contribution in [0.15, 0.2) is 12.7 Å². The fourth-order valence-corrected chi connectivity index (χ4v) is 8.79. The van der Waals surface area contributed by atoms with Crippen LogP contribution in [-0.2, 0) is 50.7 Å². The third-order valence-electron chi connectivity index (χ3n) is 8.42. The number of aromatic nitrogens is 4. The van der Waals surface area contributed by atoms with Crippen LogP contribution in [0.3, 0.4) is 0 Å². The van der Waals surface area contributed by atoms with Crippen molar-refractivity contribution < 1.29 is 80.5 Å². The number of phosphoric acid groups is 3. The maximum atomic E-state index is 12.6. The molecule has 3 heterocycles. The highest BCUT2D eigenvalue weighted by atomic mass is 32.2. The Kier molecular flexibility index (Phi) is 17.3. The van der Waals surface area contributed by atoms with E-state index >= 15 is 0 Å². The van der Waals surface area contributed by atoms with Gasteiger partial charge in [-0.05, 0) is 6.42 Å². The van der Waals surface area contributed by atoms with Crippen LogP contribution in [0.25, 0.3) is 11.2 Å². The Labute approximate surface area is 331 Å². The Morgan fingerprint density at radius 2 is 1.72 bits per heavy atom. The van der Waals surface area contributed by atoms with Gasteiger partial charge in [0.05, 0.1) is 27.4 Å². The predicted molar refractivity (Wildman–Crippen MR) is 192 cm³/mol. The lowest BCUT2D eigenvalue weighted by molar-refractivity contribution is -0.347. The number of ether oxygens (including phenoxy) is 1. The Bertz CT molecular complexity index is 1860. The number of nitrogens with zero attached hydrogens (tertiary/aromatic N) is 4. The zero-order chi connectivity index (χ0) is 43.0. The van der Waals surface area contributed by atoms with Crippen LogP contribution >= 0.6 is 35.2 Å². The van der Waals surface area contributed by atoms with Gasteiger partial charge in [0.2, 0.25) is 11.8 Å².